The molecule has 0 saturated carbocycles. The van der Waals surface area contributed by atoms with E-state index in [9.17, 15) is 14.7 Å². The lowest BCUT2D eigenvalue weighted by atomic mass is 9.89. The number of carbonyl (C=O) groups excluding carboxylic acids is 1. The van der Waals surface area contributed by atoms with Crippen molar-refractivity contribution in [1.82, 2.24) is 4.90 Å². The molecule has 0 fully saturated rings. The van der Waals surface area contributed by atoms with Crippen molar-refractivity contribution in [2.24, 2.45) is 0 Å². The smallest absolute Gasteiger partial charge is 0.305 e. The monoisotopic (exact) mass is 397 g/mol. The molecule has 0 radical (unpaired) electrons. The van der Waals surface area contributed by atoms with Crippen molar-refractivity contribution in [3.63, 3.8) is 0 Å². The molecular weight excluding hydrogens is 370 g/mol. The minimum atomic E-state index is -0.942. The summed E-state index contributed by atoms with van der Waals surface area (Å²) in [6, 6.07) is 11.1. The fourth-order valence-corrected chi connectivity index (χ4v) is 3.88. The Labute approximate surface area is 171 Å². The van der Waals surface area contributed by atoms with Gasteiger partial charge in [0.15, 0.2) is 11.5 Å². The Balaban J connectivity index is 1.90. The lowest BCUT2D eigenvalue weighted by Crippen LogP contribution is -2.41. The minimum absolute atomic E-state index is 0.0686. The number of amides is 1. The average molecular weight is 397 g/mol. The van der Waals surface area contributed by atoms with Gasteiger partial charge in [0.2, 0.25) is 5.91 Å². The maximum atomic E-state index is 13.1. The van der Waals surface area contributed by atoms with Crippen LogP contribution < -0.4 is 9.47 Å². The fourth-order valence-electron chi connectivity index (χ4n) is 3.88. The van der Waals surface area contributed by atoms with E-state index in [1.54, 1.807) is 25.2 Å². The topological polar surface area (TPSA) is 76.1 Å². The van der Waals surface area contributed by atoms with Crippen LogP contribution in [0.1, 0.15) is 41.6 Å². The molecule has 6 heteroatoms. The van der Waals surface area contributed by atoms with E-state index in [1.807, 2.05) is 30.3 Å². The van der Waals surface area contributed by atoms with Crippen molar-refractivity contribution in [3.05, 3.63) is 58.7 Å². The zero-order chi connectivity index (χ0) is 21.0. The Kier molecular flexibility index (Phi) is 6.42. The average Bonchev–Trinajstić information content (AvgIpc) is 2.73. The van der Waals surface area contributed by atoms with Gasteiger partial charge in [0.25, 0.3) is 0 Å². The summed E-state index contributed by atoms with van der Waals surface area (Å²) in [7, 11) is 3.11. The summed E-state index contributed by atoms with van der Waals surface area (Å²) < 4.78 is 10.8. The van der Waals surface area contributed by atoms with Crippen molar-refractivity contribution in [2.45, 2.75) is 38.6 Å². The second-order valence-electron chi connectivity index (χ2n) is 7.20. The maximum absolute atomic E-state index is 13.1. The Hall–Kier alpha value is -3.02. The minimum Gasteiger partial charge on any atom is -0.493 e. The van der Waals surface area contributed by atoms with Gasteiger partial charge in [-0.1, -0.05) is 31.2 Å². The molecule has 2 aromatic carbocycles. The molecular formula is C23H27NO5. The number of hydrogen-bond donors (Lipinski definition) is 1. The number of carbonyl (C=O) groups is 2. The van der Waals surface area contributed by atoms with Crippen molar-refractivity contribution in [2.75, 3.05) is 20.8 Å². The SMILES string of the molecule is CCc1ccc(CC(=O)N2CCc3cc(OC)c(OC)cc3C2CC(=O)O)cc1. The van der Waals surface area contributed by atoms with E-state index >= 15 is 0 Å². The first-order valence-electron chi connectivity index (χ1n) is 9.80. The number of aliphatic carboxylic acids is 1. The third kappa shape index (κ3) is 4.53. The number of hydrogen-bond acceptors (Lipinski definition) is 4. The first kappa shape index (κ1) is 20.7. The number of benzene rings is 2. The van der Waals surface area contributed by atoms with Crippen LogP contribution in [0.3, 0.4) is 0 Å². The molecule has 6 nitrogen and oxygen atoms in total. The molecule has 1 amide bonds. The van der Waals surface area contributed by atoms with Crippen LogP contribution in [0.4, 0.5) is 0 Å². The molecule has 2 aromatic rings. The van der Waals surface area contributed by atoms with Crippen molar-refractivity contribution in [3.8, 4) is 11.5 Å². The van der Waals surface area contributed by atoms with Gasteiger partial charge in [-0.15, -0.1) is 0 Å². The number of carboxylic acid groups (broad SMARTS) is 1. The van der Waals surface area contributed by atoms with Crippen LogP contribution >= 0.6 is 0 Å². The van der Waals surface area contributed by atoms with E-state index in [-0.39, 0.29) is 18.7 Å². The van der Waals surface area contributed by atoms with Gasteiger partial charge in [-0.3, -0.25) is 9.59 Å². The normalized spacial score (nSPS) is 15.6. The van der Waals surface area contributed by atoms with Gasteiger partial charge in [0.05, 0.1) is 33.1 Å². The van der Waals surface area contributed by atoms with Gasteiger partial charge in [0.1, 0.15) is 0 Å². The number of nitrogens with zero attached hydrogens (tertiary/aromatic N) is 1. The zero-order valence-electron chi connectivity index (χ0n) is 17.1. The lowest BCUT2D eigenvalue weighted by molar-refractivity contribution is -0.141. The van der Waals surface area contributed by atoms with Crippen LogP contribution in [-0.4, -0.2) is 42.6 Å². The van der Waals surface area contributed by atoms with Crippen LogP contribution in [-0.2, 0) is 28.9 Å². The number of fused-ring (bicyclic) bond motifs is 1. The summed E-state index contributed by atoms with van der Waals surface area (Å²) in [4.78, 5) is 26.3. The third-order valence-corrected chi connectivity index (χ3v) is 5.48. The maximum Gasteiger partial charge on any atom is 0.305 e. The van der Waals surface area contributed by atoms with Gasteiger partial charge in [-0.25, -0.2) is 0 Å². The molecule has 154 valence electrons. The molecule has 29 heavy (non-hydrogen) atoms. The molecule has 1 N–H and O–H groups in total. The van der Waals surface area contributed by atoms with E-state index in [0.717, 1.165) is 23.1 Å². The molecule has 0 aromatic heterocycles. The van der Waals surface area contributed by atoms with Gasteiger partial charge in [0, 0.05) is 6.54 Å². The van der Waals surface area contributed by atoms with E-state index in [1.165, 1.54) is 5.56 Å². The molecule has 0 saturated heterocycles. The molecule has 3 rings (SSSR count). The number of carboxylic acids is 1. The number of aryl methyl sites for hydroxylation is 1. The van der Waals surface area contributed by atoms with Crippen molar-refractivity contribution in [1.29, 1.82) is 0 Å². The molecule has 1 atom stereocenters. The van der Waals surface area contributed by atoms with Crippen LogP contribution in [0.5, 0.6) is 11.5 Å². The van der Waals surface area contributed by atoms with E-state index < -0.39 is 12.0 Å². The van der Waals surface area contributed by atoms with Crippen LogP contribution in [0, 0.1) is 0 Å². The Morgan fingerprint density at radius 2 is 1.69 bits per heavy atom. The van der Waals surface area contributed by atoms with Gasteiger partial charge in [-0.05, 0) is 47.2 Å². The zero-order valence-corrected chi connectivity index (χ0v) is 17.1. The Bertz CT molecular complexity index is 891. The molecule has 1 aliphatic heterocycles. The molecule has 1 unspecified atom stereocenters. The summed E-state index contributed by atoms with van der Waals surface area (Å²) in [6.45, 7) is 2.57. The van der Waals surface area contributed by atoms with Crippen LogP contribution in [0.15, 0.2) is 36.4 Å². The van der Waals surface area contributed by atoms with E-state index in [2.05, 4.69) is 6.92 Å². The Morgan fingerprint density at radius 3 is 2.28 bits per heavy atom. The first-order valence-corrected chi connectivity index (χ1v) is 9.80. The molecule has 1 aliphatic rings. The summed E-state index contributed by atoms with van der Waals surface area (Å²) in [6.07, 6.45) is 1.70. The summed E-state index contributed by atoms with van der Waals surface area (Å²) in [5.74, 6) is 0.130. The molecule has 0 spiro atoms. The number of rotatable bonds is 7. The first-order chi connectivity index (χ1) is 14.0. The highest BCUT2D eigenvalue weighted by Gasteiger charge is 2.33. The Morgan fingerprint density at radius 1 is 1.07 bits per heavy atom. The number of ether oxygens (including phenoxy) is 2. The largest absolute Gasteiger partial charge is 0.493 e. The predicted molar refractivity (Wildman–Crippen MR) is 109 cm³/mol. The van der Waals surface area contributed by atoms with Crippen molar-refractivity contribution < 1.29 is 24.2 Å². The highest BCUT2D eigenvalue weighted by Crippen LogP contribution is 2.39. The van der Waals surface area contributed by atoms with E-state index in [4.69, 9.17) is 9.47 Å². The quantitative estimate of drug-likeness (QED) is 0.775. The van der Waals surface area contributed by atoms with Gasteiger partial charge in [-0.2, -0.15) is 0 Å². The van der Waals surface area contributed by atoms with Gasteiger partial charge < -0.3 is 19.5 Å². The van der Waals surface area contributed by atoms with Gasteiger partial charge >= 0.3 is 5.97 Å². The van der Waals surface area contributed by atoms with E-state index in [0.29, 0.717) is 24.5 Å². The fraction of sp³-hybridized carbons (Fsp3) is 0.391. The molecule has 1 heterocycles. The predicted octanol–water partition coefficient (Wildman–Crippen LogP) is 3.41. The summed E-state index contributed by atoms with van der Waals surface area (Å²) >= 11 is 0. The second-order valence-corrected chi connectivity index (χ2v) is 7.20. The summed E-state index contributed by atoms with van der Waals surface area (Å²) in [5, 5.41) is 9.47. The van der Waals surface area contributed by atoms with Crippen LogP contribution in [0.25, 0.3) is 0 Å². The third-order valence-electron chi connectivity index (χ3n) is 5.48. The highest BCUT2D eigenvalue weighted by atomic mass is 16.5. The van der Waals surface area contributed by atoms with Crippen molar-refractivity contribution >= 4 is 11.9 Å². The number of methoxy groups -OCH3 is 2. The lowest BCUT2D eigenvalue weighted by Gasteiger charge is -2.37. The van der Waals surface area contributed by atoms with Crippen LogP contribution in [0.2, 0.25) is 0 Å². The highest BCUT2D eigenvalue weighted by molar-refractivity contribution is 5.81. The molecule has 0 aliphatic carbocycles. The standard InChI is InChI=1S/C23H27NO5/c1-4-15-5-7-16(8-6-15)11-22(25)24-10-9-17-12-20(28-2)21(29-3)13-18(17)19(24)14-23(26)27/h5-8,12-13,19H,4,9-11,14H2,1-3H3,(H,26,27). The summed E-state index contributed by atoms with van der Waals surface area (Å²) in [5.41, 5.74) is 3.95. The second kappa shape index (κ2) is 8.99. The molecule has 0 bridgehead atoms.